The standard InChI is InChI=1S/C12H22F2N2O3S/c1-3-15-11(17)9(2)16-20(18,19)8-10-6-4-5-7-12(10,13)14/h9-10,16H,3-8H2,1-2H3,(H,15,17). The van der Waals surface area contributed by atoms with Crippen LogP contribution in [0.3, 0.4) is 0 Å². The molecule has 0 saturated heterocycles. The fourth-order valence-corrected chi connectivity index (χ4v) is 4.02. The van der Waals surface area contributed by atoms with Gasteiger partial charge in [0.1, 0.15) is 0 Å². The van der Waals surface area contributed by atoms with Gasteiger partial charge >= 0.3 is 0 Å². The highest BCUT2D eigenvalue weighted by Crippen LogP contribution is 2.38. The summed E-state index contributed by atoms with van der Waals surface area (Å²) in [6.45, 7) is 3.48. The van der Waals surface area contributed by atoms with E-state index in [0.717, 1.165) is 0 Å². The second kappa shape index (κ2) is 6.80. The predicted molar refractivity (Wildman–Crippen MR) is 72.0 cm³/mol. The van der Waals surface area contributed by atoms with Crippen molar-refractivity contribution >= 4 is 15.9 Å². The van der Waals surface area contributed by atoms with E-state index in [1.54, 1.807) is 6.92 Å². The zero-order valence-electron chi connectivity index (χ0n) is 11.8. The molecule has 1 fully saturated rings. The number of sulfonamides is 1. The monoisotopic (exact) mass is 312 g/mol. The zero-order valence-corrected chi connectivity index (χ0v) is 12.6. The fourth-order valence-electron chi connectivity index (χ4n) is 2.34. The number of carbonyl (C=O) groups excluding carboxylic acids is 1. The van der Waals surface area contributed by atoms with Crippen molar-refractivity contribution in [3.05, 3.63) is 0 Å². The summed E-state index contributed by atoms with van der Waals surface area (Å²) in [5.41, 5.74) is 0. The van der Waals surface area contributed by atoms with Crippen LogP contribution in [0.4, 0.5) is 8.78 Å². The van der Waals surface area contributed by atoms with Crippen LogP contribution in [0.2, 0.25) is 0 Å². The van der Waals surface area contributed by atoms with Gasteiger partial charge in [-0.25, -0.2) is 21.9 Å². The molecule has 0 bridgehead atoms. The van der Waals surface area contributed by atoms with Crippen molar-refractivity contribution < 1.29 is 22.0 Å². The smallest absolute Gasteiger partial charge is 0.251 e. The molecule has 0 heterocycles. The molecule has 0 aromatic carbocycles. The average molecular weight is 312 g/mol. The van der Waals surface area contributed by atoms with E-state index in [4.69, 9.17) is 0 Å². The molecule has 1 saturated carbocycles. The van der Waals surface area contributed by atoms with Gasteiger partial charge < -0.3 is 5.32 Å². The number of rotatable bonds is 6. The molecule has 1 amide bonds. The number of hydrogen-bond donors (Lipinski definition) is 2. The molecule has 1 aliphatic rings. The Kier molecular flexibility index (Phi) is 5.88. The Morgan fingerprint density at radius 2 is 2.05 bits per heavy atom. The summed E-state index contributed by atoms with van der Waals surface area (Å²) in [7, 11) is -3.91. The SMILES string of the molecule is CCNC(=O)C(C)NS(=O)(=O)CC1CCCCC1(F)F. The molecule has 0 spiro atoms. The third kappa shape index (κ3) is 4.97. The second-order valence-electron chi connectivity index (χ2n) is 5.22. The van der Waals surface area contributed by atoms with Gasteiger partial charge in [-0.05, 0) is 26.7 Å². The summed E-state index contributed by atoms with van der Waals surface area (Å²) < 4.78 is 53.2. The first-order chi connectivity index (χ1) is 9.18. The molecule has 20 heavy (non-hydrogen) atoms. The summed E-state index contributed by atoms with van der Waals surface area (Å²) in [5, 5.41) is 2.47. The molecule has 0 radical (unpaired) electrons. The molecule has 0 aliphatic heterocycles. The molecule has 0 aromatic rings. The third-order valence-corrected chi connectivity index (χ3v) is 4.99. The summed E-state index contributed by atoms with van der Waals surface area (Å²) in [4.78, 5) is 11.5. The molecule has 1 aliphatic carbocycles. The molecule has 2 N–H and O–H groups in total. The molecular formula is C12H22F2N2O3S. The van der Waals surface area contributed by atoms with Crippen molar-refractivity contribution in [2.45, 2.75) is 51.5 Å². The Bertz CT molecular complexity index is 440. The van der Waals surface area contributed by atoms with Crippen molar-refractivity contribution in [1.82, 2.24) is 10.0 Å². The van der Waals surface area contributed by atoms with Gasteiger partial charge in [-0.3, -0.25) is 4.79 Å². The maximum Gasteiger partial charge on any atom is 0.251 e. The van der Waals surface area contributed by atoms with E-state index in [0.29, 0.717) is 19.4 Å². The van der Waals surface area contributed by atoms with Crippen LogP contribution in [-0.2, 0) is 14.8 Å². The minimum absolute atomic E-state index is 0.198. The Morgan fingerprint density at radius 3 is 2.60 bits per heavy atom. The Balaban J connectivity index is 2.63. The average Bonchev–Trinajstić information content (AvgIpc) is 2.31. The van der Waals surface area contributed by atoms with Crippen molar-refractivity contribution in [1.29, 1.82) is 0 Å². The predicted octanol–water partition coefficient (Wildman–Crippen LogP) is 1.26. The van der Waals surface area contributed by atoms with Crippen LogP contribution in [0, 0.1) is 5.92 Å². The van der Waals surface area contributed by atoms with Gasteiger partial charge in [-0.1, -0.05) is 6.42 Å². The lowest BCUT2D eigenvalue weighted by atomic mass is 9.87. The van der Waals surface area contributed by atoms with Crippen LogP contribution in [0.15, 0.2) is 0 Å². The first-order valence-electron chi connectivity index (χ1n) is 6.83. The highest BCUT2D eigenvalue weighted by atomic mass is 32.2. The first kappa shape index (κ1) is 17.3. The number of halogens is 2. The van der Waals surface area contributed by atoms with E-state index in [1.807, 2.05) is 0 Å². The number of nitrogens with one attached hydrogen (secondary N) is 2. The second-order valence-corrected chi connectivity index (χ2v) is 7.02. The van der Waals surface area contributed by atoms with Crippen LogP contribution in [-0.4, -0.2) is 38.6 Å². The van der Waals surface area contributed by atoms with Crippen LogP contribution in [0.1, 0.15) is 39.5 Å². The van der Waals surface area contributed by atoms with Crippen molar-refractivity contribution in [2.75, 3.05) is 12.3 Å². The van der Waals surface area contributed by atoms with Gasteiger partial charge in [0.25, 0.3) is 5.92 Å². The van der Waals surface area contributed by atoms with Gasteiger partial charge in [0.05, 0.1) is 11.8 Å². The van der Waals surface area contributed by atoms with Gasteiger partial charge in [-0.15, -0.1) is 0 Å². The molecular weight excluding hydrogens is 290 g/mol. The number of alkyl halides is 2. The Labute approximate surface area is 118 Å². The van der Waals surface area contributed by atoms with Gasteiger partial charge in [0, 0.05) is 18.9 Å². The number of hydrogen-bond acceptors (Lipinski definition) is 3. The van der Waals surface area contributed by atoms with E-state index in [2.05, 4.69) is 10.0 Å². The van der Waals surface area contributed by atoms with Crippen LogP contribution in [0.25, 0.3) is 0 Å². The largest absolute Gasteiger partial charge is 0.355 e. The topological polar surface area (TPSA) is 75.3 Å². The van der Waals surface area contributed by atoms with Crippen molar-refractivity contribution in [2.24, 2.45) is 5.92 Å². The molecule has 8 heteroatoms. The lowest BCUT2D eigenvalue weighted by Gasteiger charge is -2.31. The Hall–Kier alpha value is -0.760. The van der Waals surface area contributed by atoms with E-state index in [1.165, 1.54) is 6.92 Å². The van der Waals surface area contributed by atoms with Gasteiger partial charge in [-0.2, -0.15) is 0 Å². The summed E-state index contributed by atoms with van der Waals surface area (Å²) in [6.07, 6.45) is 0.969. The lowest BCUT2D eigenvalue weighted by molar-refractivity contribution is -0.122. The minimum atomic E-state index is -3.91. The lowest BCUT2D eigenvalue weighted by Crippen LogP contribution is -2.47. The molecule has 2 unspecified atom stereocenters. The van der Waals surface area contributed by atoms with Gasteiger partial charge in [0.2, 0.25) is 15.9 Å². The van der Waals surface area contributed by atoms with Crippen molar-refractivity contribution in [3.63, 3.8) is 0 Å². The highest BCUT2D eigenvalue weighted by Gasteiger charge is 2.43. The zero-order chi connectivity index (χ0) is 15.4. The minimum Gasteiger partial charge on any atom is -0.355 e. The molecule has 0 aromatic heterocycles. The number of likely N-dealkylation sites (N-methyl/N-ethyl adjacent to an activating group) is 1. The van der Waals surface area contributed by atoms with E-state index < -0.39 is 39.6 Å². The quantitative estimate of drug-likeness (QED) is 0.775. The molecule has 2 atom stereocenters. The summed E-state index contributed by atoms with van der Waals surface area (Å²) >= 11 is 0. The van der Waals surface area contributed by atoms with E-state index >= 15 is 0 Å². The fraction of sp³-hybridized carbons (Fsp3) is 0.917. The van der Waals surface area contributed by atoms with Crippen LogP contribution >= 0.6 is 0 Å². The summed E-state index contributed by atoms with van der Waals surface area (Å²) in [5.74, 6) is -5.22. The molecule has 5 nitrogen and oxygen atoms in total. The maximum absolute atomic E-state index is 13.6. The highest BCUT2D eigenvalue weighted by molar-refractivity contribution is 7.89. The third-order valence-electron chi connectivity index (χ3n) is 3.43. The number of carbonyl (C=O) groups is 1. The van der Waals surface area contributed by atoms with Crippen LogP contribution in [0.5, 0.6) is 0 Å². The molecule has 118 valence electrons. The number of amides is 1. The summed E-state index contributed by atoms with van der Waals surface area (Å²) in [6, 6.07) is -0.961. The first-order valence-corrected chi connectivity index (χ1v) is 8.48. The van der Waals surface area contributed by atoms with Crippen molar-refractivity contribution in [3.8, 4) is 0 Å². The Morgan fingerprint density at radius 1 is 1.40 bits per heavy atom. The van der Waals surface area contributed by atoms with Gasteiger partial charge in [0.15, 0.2) is 0 Å². The molecule has 1 rings (SSSR count). The van der Waals surface area contributed by atoms with E-state index in [-0.39, 0.29) is 12.8 Å². The van der Waals surface area contributed by atoms with E-state index in [9.17, 15) is 22.0 Å². The van der Waals surface area contributed by atoms with Crippen LogP contribution < -0.4 is 10.0 Å². The normalized spacial score (nSPS) is 24.1. The maximum atomic E-state index is 13.6.